The Labute approximate surface area is 170 Å². The fraction of sp³-hybridized carbons (Fsp3) is 0.353. The van der Waals surface area contributed by atoms with Crippen LogP contribution >= 0.6 is 15.9 Å². The Morgan fingerprint density at radius 3 is 2.54 bits per heavy atom. The second kappa shape index (κ2) is 7.97. The zero-order valence-electron chi connectivity index (χ0n) is 16.0. The number of hydrogen-bond donors (Lipinski definition) is 2. The molecule has 0 bridgehead atoms. The number of nitrogens with one attached hydrogen (secondary N) is 2. The van der Waals surface area contributed by atoms with E-state index in [1.165, 1.54) is 10.9 Å². The van der Waals surface area contributed by atoms with Crippen LogP contribution in [0.25, 0.3) is 0 Å². The van der Waals surface area contributed by atoms with Gasteiger partial charge in [-0.25, -0.2) is 0 Å². The molecule has 2 N–H and O–H groups in total. The third-order valence-corrected chi connectivity index (χ3v) is 5.37. The van der Waals surface area contributed by atoms with E-state index in [9.17, 15) is 9.59 Å². The molecule has 0 aromatic carbocycles. The van der Waals surface area contributed by atoms with Crippen molar-refractivity contribution in [3.05, 3.63) is 45.7 Å². The van der Waals surface area contributed by atoms with Crippen LogP contribution in [0.1, 0.15) is 27.4 Å². The molecule has 0 aliphatic heterocycles. The highest BCUT2D eigenvalue weighted by Gasteiger charge is 2.20. The molecule has 3 rings (SSSR count). The zero-order chi connectivity index (χ0) is 20.4. The van der Waals surface area contributed by atoms with E-state index in [0.29, 0.717) is 12.2 Å². The average molecular weight is 449 g/mol. The maximum absolute atomic E-state index is 12.6. The number of aryl methyl sites for hydroxylation is 3. The summed E-state index contributed by atoms with van der Waals surface area (Å²) in [5.41, 5.74) is 3.15. The minimum absolute atomic E-state index is 0.0317. The standard InChI is InChI=1S/C17H21BrN8O2/c1-10-15(18)11(2)26(23-10)9-14(27)22-13-7-21-25(4)16(13)17(28)19-5-12-6-20-24(3)8-12/h6-8H,5,9H2,1-4H3,(H,19,28)(H,22,27). The Balaban J connectivity index is 1.68. The third-order valence-electron chi connectivity index (χ3n) is 4.23. The summed E-state index contributed by atoms with van der Waals surface area (Å²) in [7, 11) is 3.45. The van der Waals surface area contributed by atoms with Gasteiger partial charge in [-0.3, -0.25) is 23.6 Å². The van der Waals surface area contributed by atoms with Gasteiger partial charge in [0.15, 0.2) is 0 Å². The maximum Gasteiger partial charge on any atom is 0.271 e. The van der Waals surface area contributed by atoms with Crippen molar-refractivity contribution in [1.29, 1.82) is 0 Å². The molecule has 0 unspecified atom stereocenters. The summed E-state index contributed by atoms with van der Waals surface area (Å²) < 4.78 is 5.56. The Hall–Kier alpha value is -2.95. The van der Waals surface area contributed by atoms with Gasteiger partial charge >= 0.3 is 0 Å². The first kappa shape index (κ1) is 19.8. The summed E-state index contributed by atoms with van der Waals surface area (Å²) in [6.07, 6.45) is 4.95. The first-order valence-electron chi connectivity index (χ1n) is 8.53. The van der Waals surface area contributed by atoms with Gasteiger partial charge in [-0.05, 0) is 29.8 Å². The number of carbonyl (C=O) groups excluding carboxylic acids is 2. The Morgan fingerprint density at radius 1 is 1.18 bits per heavy atom. The predicted molar refractivity (Wildman–Crippen MR) is 106 cm³/mol. The van der Waals surface area contributed by atoms with Crippen LogP contribution in [0.15, 0.2) is 23.1 Å². The van der Waals surface area contributed by atoms with Gasteiger partial charge in [-0.15, -0.1) is 0 Å². The SMILES string of the molecule is Cc1nn(CC(=O)Nc2cnn(C)c2C(=O)NCc2cnn(C)c2)c(C)c1Br. The lowest BCUT2D eigenvalue weighted by Gasteiger charge is -2.09. The monoisotopic (exact) mass is 448 g/mol. The lowest BCUT2D eigenvalue weighted by atomic mass is 10.3. The molecule has 0 saturated carbocycles. The quantitative estimate of drug-likeness (QED) is 0.589. The van der Waals surface area contributed by atoms with Crippen molar-refractivity contribution in [3.63, 3.8) is 0 Å². The van der Waals surface area contributed by atoms with E-state index in [1.54, 1.807) is 29.7 Å². The van der Waals surface area contributed by atoms with Gasteiger partial charge < -0.3 is 10.6 Å². The number of rotatable bonds is 6. The first-order chi connectivity index (χ1) is 13.3. The molecule has 0 radical (unpaired) electrons. The molecular formula is C17H21BrN8O2. The van der Waals surface area contributed by atoms with Gasteiger partial charge in [0.2, 0.25) is 5.91 Å². The number of carbonyl (C=O) groups is 2. The lowest BCUT2D eigenvalue weighted by molar-refractivity contribution is -0.116. The van der Waals surface area contributed by atoms with Crippen LogP contribution < -0.4 is 10.6 Å². The molecule has 3 aromatic heterocycles. The highest BCUT2D eigenvalue weighted by atomic mass is 79.9. The highest BCUT2D eigenvalue weighted by Crippen LogP contribution is 2.20. The van der Waals surface area contributed by atoms with E-state index in [2.05, 4.69) is 41.9 Å². The summed E-state index contributed by atoms with van der Waals surface area (Å²) in [6.45, 7) is 4.09. The van der Waals surface area contributed by atoms with Crippen LogP contribution in [-0.2, 0) is 32.0 Å². The van der Waals surface area contributed by atoms with Crippen molar-refractivity contribution in [2.45, 2.75) is 26.9 Å². The summed E-state index contributed by atoms with van der Waals surface area (Å²) in [5.74, 6) is -0.638. The number of aromatic nitrogens is 6. The average Bonchev–Trinajstić information content (AvgIpc) is 3.28. The largest absolute Gasteiger partial charge is 0.346 e. The van der Waals surface area contributed by atoms with E-state index >= 15 is 0 Å². The fourth-order valence-corrected chi connectivity index (χ4v) is 3.07. The van der Waals surface area contributed by atoms with Crippen molar-refractivity contribution in [3.8, 4) is 0 Å². The molecular weight excluding hydrogens is 428 g/mol. The van der Waals surface area contributed by atoms with Gasteiger partial charge in [0, 0.05) is 32.4 Å². The molecule has 0 aliphatic rings. The summed E-state index contributed by atoms with van der Waals surface area (Å²) in [5, 5.41) is 18.0. The smallest absolute Gasteiger partial charge is 0.271 e. The first-order valence-corrected chi connectivity index (χ1v) is 9.32. The van der Waals surface area contributed by atoms with Crippen LogP contribution in [0.4, 0.5) is 5.69 Å². The summed E-state index contributed by atoms with van der Waals surface area (Å²) >= 11 is 3.44. The van der Waals surface area contributed by atoms with Crippen LogP contribution in [0.2, 0.25) is 0 Å². The summed E-state index contributed by atoms with van der Waals surface area (Å²) in [6, 6.07) is 0. The molecule has 148 valence electrons. The van der Waals surface area contributed by atoms with Crippen LogP contribution in [-0.4, -0.2) is 41.2 Å². The molecule has 0 spiro atoms. The van der Waals surface area contributed by atoms with Crippen molar-refractivity contribution < 1.29 is 9.59 Å². The van der Waals surface area contributed by atoms with E-state index < -0.39 is 0 Å². The van der Waals surface area contributed by atoms with Gasteiger partial charge in [-0.1, -0.05) is 0 Å². The van der Waals surface area contributed by atoms with E-state index in [1.807, 2.05) is 20.0 Å². The highest BCUT2D eigenvalue weighted by molar-refractivity contribution is 9.10. The normalized spacial score (nSPS) is 10.9. The minimum Gasteiger partial charge on any atom is -0.346 e. The van der Waals surface area contributed by atoms with Crippen molar-refractivity contribution in [2.24, 2.45) is 14.1 Å². The van der Waals surface area contributed by atoms with E-state index in [-0.39, 0.29) is 24.1 Å². The third kappa shape index (κ3) is 4.14. The number of nitrogens with zero attached hydrogens (tertiary/aromatic N) is 6. The molecule has 0 fully saturated rings. The molecule has 0 atom stereocenters. The van der Waals surface area contributed by atoms with Crippen LogP contribution in [0.5, 0.6) is 0 Å². The summed E-state index contributed by atoms with van der Waals surface area (Å²) in [4.78, 5) is 25.0. The van der Waals surface area contributed by atoms with E-state index in [0.717, 1.165) is 21.4 Å². The molecule has 3 heterocycles. The maximum atomic E-state index is 12.6. The number of anilines is 1. The number of amides is 2. The molecule has 2 amide bonds. The van der Waals surface area contributed by atoms with Gasteiger partial charge in [0.25, 0.3) is 5.91 Å². The molecule has 3 aromatic rings. The van der Waals surface area contributed by atoms with Crippen molar-refractivity contribution >= 4 is 33.4 Å². The molecule has 0 aliphatic carbocycles. The molecule has 28 heavy (non-hydrogen) atoms. The Bertz CT molecular complexity index is 1030. The lowest BCUT2D eigenvalue weighted by Crippen LogP contribution is -2.27. The van der Waals surface area contributed by atoms with E-state index in [4.69, 9.17) is 0 Å². The number of hydrogen-bond acceptors (Lipinski definition) is 5. The van der Waals surface area contributed by atoms with Crippen molar-refractivity contribution in [2.75, 3.05) is 5.32 Å². The Morgan fingerprint density at radius 2 is 1.93 bits per heavy atom. The van der Waals surface area contributed by atoms with Crippen molar-refractivity contribution in [1.82, 2.24) is 34.7 Å². The topological polar surface area (TPSA) is 112 Å². The minimum atomic E-state index is -0.340. The predicted octanol–water partition coefficient (Wildman–Crippen LogP) is 1.30. The second-order valence-electron chi connectivity index (χ2n) is 6.43. The van der Waals surface area contributed by atoms with Gasteiger partial charge in [-0.2, -0.15) is 15.3 Å². The fourth-order valence-electron chi connectivity index (χ4n) is 2.78. The Kier molecular flexibility index (Phi) is 5.63. The number of halogens is 1. The molecule has 10 nitrogen and oxygen atoms in total. The van der Waals surface area contributed by atoms with Gasteiger partial charge in [0.1, 0.15) is 12.2 Å². The molecule has 11 heteroatoms. The van der Waals surface area contributed by atoms with Gasteiger partial charge in [0.05, 0.1) is 33.9 Å². The van der Waals surface area contributed by atoms with Crippen LogP contribution in [0.3, 0.4) is 0 Å². The zero-order valence-corrected chi connectivity index (χ0v) is 17.6. The molecule has 0 saturated heterocycles. The van der Waals surface area contributed by atoms with Crippen LogP contribution in [0, 0.1) is 13.8 Å². The second-order valence-corrected chi connectivity index (χ2v) is 7.22.